The molecule has 3 rings (SSSR count). The van der Waals surface area contributed by atoms with E-state index in [0.717, 1.165) is 37.8 Å². The number of hydrogen-bond acceptors (Lipinski definition) is 6. The first kappa shape index (κ1) is 18.1. The van der Waals surface area contributed by atoms with Crippen molar-refractivity contribution in [1.29, 1.82) is 0 Å². The molecule has 2 heterocycles. The average molecular weight is 379 g/mol. The van der Waals surface area contributed by atoms with E-state index in [1.54, 1.807) is 11.3 Å². The minimum atomic E-state index is -0.360. The number of nitrogens with zero attached hydrogens (tertiary/aromatic N) is 1. The molecule has 0 saturated heterocycles. The summed E-state index contributed by atoms with van der Waals surface area (Å²) >= 11 is 3.19. The Hall–Kier alpha value is -1.70. The fourth-order valence-corrected chi connectivity index (χ4v) is 5.19. The second-order valence-corrected chi connectivity index (χ2v) is 8.34. The van der Waals surface area contributed by atoms with Crippen molar-refractivity contribution in [3.63, 3.8) is 0 Å². The minimum absolute atomic E-state index is 0.109. The maximum absolute atomic E-state index is 12.4. The Balaban J connectivity index is 1.70. The lowest BCUT2D eigenvalue weighted by Crippen LogP contribution is -2.29. The van der Waals surface area contributed by atoms with E-state index in [1.807, 2.05) is 23.4 Å². The van der Waals surface area contributed by atoms with Crippen LogP contribution in [-0.2, 0) is 28.9 Å². The summed E-state index contributed by atoms with van der Waals surface area (Å²) in [5.74, 6) is -0.468. The van der Waals surface area contributed by atoms with Crippen molar-refractivity contribution in [2.45, 2.75) is 32.2 Å². The maximum Gasteiger partial charge on any atom is 0.341 e. The van der Waals surface area contributed by atoms with E-state index >= 15 is 0 Å². The zero-order chi connectivity index (χ0) is 17.8. The number of carbonyl (C=O) groups excluding carboxylic acids is 2. The molecule has 0 radical (unpaired) electrons. The molecular weight excluding hydrogens is 356 g/mol. The van der Waals surface area contributed by atoms with Gasteiger partial charge in [0, 0.05) is 16.3 Å². The number of esters is 1. The molecule has 1 aliphatic carbocycles. The van der Waals surface area contributed by atoms with Crippen LogP contribution in [0.2, 0.25) is 0 Å². The largest absolute Gasteiger partial charge is 0.465 e. The Labute approximate surface area is 155 Å². The highest BCUT2D eigenvalue weighted by atomic mass is 32.1. The van der Waals surface area contributed by atoms with Crippen molar-refractivity contribution in [1.82, 2.24) is 4.90 Å². The van der Waals surface area contributed by atoms with Crippen LogP contribution in [0.1, 0.15) is 38.5 Å². The van der Waals surface area contributed by atoms with Crippen LogP contribution in [0.4, 0.5) is 5.00 Å². The molecule has 1 N–H and O–H groups in total. The molecule has 2 aromatic heterocycles. The molecule has 5 nitrogen and oxygen atoms in total. The predicted octanol–water partition coefficient (Wildman–Crippen LogP) is 3.55. The molecule has 0 atom stereocenters. The van der Waals surface area contributed by atoms with Crippen LogP contribution in [0.15, 0.2) is 17.5 Å². The number of amides is 1. The van der Waals surface area contributed by atoms with Crippen molar-refractivity contribution in [3.8, 4) is 0 Å². The van der Waals surface area contributed by atoms with Gasteiger partial charge < -0.3 is 10.1 Å². The molecule has 1 amide bonds. The van der Waals surface area contributed by atoms with E-state index < -0.39 is 0 Å². The molecule has 0 bridgehead atoms. The Morgan fingerprint density at radius 2 is 2.12 bits per heavy atom. The second kappa shape index (κ2) is 8.12. The molecule has 1 aliphatic rings. The number of methoxy groups -OCH3 is 1. The van der Waals surface area contributed by atoms with Crippen molar-refractivity contribution >= 4 is 39.6 Å². The van der Waals surface area contributed by atoms with E-state index in [2.05, 4.69) is 11.4 Å². The molecular formula is C18H22N2O3S2. The first-order chi connectivity index (χ1) is 12.1. The summed E-state index contributed by atoms with van der Waals surface area (Å²) in [6, 6.07) is 4.06. The SMILES string of the molecule is COC(=O)c1c(NC(=O)CN(C)Cc2cccs2)sc2c1CCCC2. The summed E-state index contributed by atoms with van der Waals surface area (Å²) in [6.45, 7) is 1.01. The van der Waals surface area contributed by atoms with Crippen LogP contribution >= 0.6 is 22.7 Å². The normalized spacial score (nSPS) is 13.6. The van der Waals surface area contributed by atoms with Crippen LogP contribution in [0, 0.1) is 0 Å². The third-order valence-electron chi connectivity index (χ3n) is 4.23. The number of aryl methyl sites for hydroxylation is 1. The van der Waals surface area contributed by atoms with E-state index in [9.17, 15) is 9.59 Å². The van der Waals surface area contributed by atoms with Crippen LogP contribution in [-0.4, -0.2) is 37.5 Å². The number of anilines is 1. The van der Waals surface area contributed by atoms with Gasteiger partial charge in [-0.05, 0) is 49.7 Å². The molecule has 2 aromatic rings. The first-order valence-electron chi connectivity index (χ1n) is 8.32. The van der Waals surface area contributed by atoms with Crippen molar-refractivity contribution in [3.05, 3.63) is 38.4 Å². The van der Waals surface area contributed by atoms with Crippen LogP contribution < -0.4 is 5.32 Å². The van der Waals surface area contributed by atoms with E-state index in [0.29, 0.717) is 10.6 Å². The summed E-state index contributed by atoms with van der Waals surface area (Å²) < 4.78 is 4.94. The number of carbonyl (C=O) groups is 2. The van der Waals surface area contributed by atoms with Crippen LogP contribution in [0.5, 0.6) is 0 Å². The van der Waals surface area contributed by atoms with E-state index in [1.165, 1.54) is 28.2 Å². The van der Waals surface area contributed by atoms with Gasteiger partial charge in [-0.3, -0.25) is 9.69 Å². The monoisotopic (exact) mass is 378 g/mol. The van der Waals surface area contributed by atoms with Gasteiger partial charge in [-0.15, -0.1) is 22.7 Å². The van der Waals surface area contributed by atoms with Gasteiger partial charge in [-0.2, -0.15) is 0 Å². The summed E-state index contributed by atoms with van der Waals surface area (Å²) in [7, 11) is 3.30. The maximum atomic E-state index is 12.4. The summed E-state index contributed by atoms with van der Waals surface area (Å²) in [6.07, 6.45) is 4.05. The molecule has 0 fully saturated rings. The first-order valence-corrected chi connectivity index (χ1v) is 10.0. The number of thiophene rings is 2. The van der Waals surface area contributed by atoms with Gasteiger partial charge in [0.1, 0.15) is 5.00 Å². The topological polar surface area (TPSA) is 58.6 Å². The molecule has 25 heavy (non-hydrogen) atoms. The quantitative estimate of drug-likeness (QED) is 0.781. The van der Waals surface area contributed by atoms with Gasteiger partial charge in [0.15, 0.2) is 0 Å². The van der Waals surface area contributed by atoms with Crippen molar-refractivity contribution in [2.24, 2.45) is 0 Å². The third-order valence-corrected chi connectivity index (χ3v) is 6.30. The van der Waals surface area contributed by atoms with Gasteiger partial charge in [0.05, 0.1) is 19.2 Å². The second-order valence-electron chi connectivity index (χ2n) is 6.21. The van der Waals surface area contributed by atoms with E-state index in [-0.39, 0.29) is 18.4 Å². The highest BCUT2D eigenvalue weighted by Crippen LogP contribution is 2.38. The molecule has 0 aromatic carbocycles. The summed E-state index contributed by atoms with van der Waals surface area (Å²) in [5.41, 5.74) is 1.61. The van der Waals surface area contributed by atoms with Crippen molar-refractivity contribution in [2.75, 3.05) is 26.0 Å². The Morgan fingerprint density at radius 1 is 1.32 bits per heavy atom. The lowest BCUT2D eigenvalue weighted by molar-refractivity contribution is -0.117. The lowest BCUT2D eigenvalue weighted by atomic mass is 9.95. The van der Waals surface area contributed by atoms with Gasteiger partial charge in [0.25, 0.3) is 0 Å². The number of hydrogen-bond donors (Lipinski definition) is 1. The van der Waals surface area contributed by atoms with Crippen LogP contribution in [0.3, 0.4) is 0 Å². The van der Waals surface area contributed by atoms with Gasteiger partial charge in [-0.1, -0.05) is 6.07 Å². The van der Waals surface area contributed by atoms with Gasteiger partial charge in [0.2, 0.25) is 5.91 Å². The highest BCUT2D eigenvalue weighted by Gasteiger charge is 2.27. The zero-order valence-electron chi connectivity index (χ0n) is 14.5. The number of fused-ring (bicyclic) bond motifs is 1. The molecule has 134 valence electrons. The predicted molar refractivity (Wildman–Crippen MR) is 102 cm³/mol. The molecule has 0 spiro atoms. The van der Waals surface area contributed by atoms with Crippen LogP contribution in [0.25, 0.3) is 0 Å². The molecule has 7 heteroatoms. The minimum Gasteiger partial charge on any atom is -0.465 e. The molecule has 0 aliphatic heterocycles. The Morgan fingerprint density at radius 3 is 2.84 bits per heavy atom. The fraction of sp³-hybridized carbons (Fsp3) is 0.444. The standard InChI is InChI=1S/C18H22N2O3S2/c1-20(10-12-6-5-9-24-12)11-15(21)19-17-16(18(22)23-2)13-7-3-4-8-14(13)25-17/h5-6,9H,3-4,7-8,10-11H2,1-2H3,(H,19,21). The molecule has 0 saturated carbocycles. The van der Waals surface area contributed by atoms with E-state index in [4.69, 9.17) is 4.74 Å². The lowest BCUT2D eigenvalue weighted by Gasteiger charge is -2.15. The fourth-order valence-electron chi connectivity index (χ4n) is 3.11. The highest BCUT2D eigenvalue weighted by molar-refractivity contribution is 7.17. The Bertz CT molecular complexity index is 753. The zero-order valence-corrected chi connectivity index (χ0v) is 16.1. The third kappa shape index (κ3) is 4.29. The number of likely N-dealkylation sites (N-methyl/N-ethyl adjacent to an activating group) is 1. The van der Waals surface area contributed by atoms with Crippen molar-refractivity contribution < 1.29 is 14.3 Å². The summed E-state index contributed by atoms with van der Waals surface area (Å²) in [4.78, 5) is 29.0. The number of nitrogens with one attached hydrogen (secondary N) is 1. The Kier molecular flexibility index (Phi) is 5.88. The number of ether oxygens (including phenoxy) is 1. The average Bonchev–Trinajstić information content (AvgIpc) is 3.20. The molecule has 0 unspecified atom stereocenters. The number of rotatable bonds is 6. The summed E-state index contributed by atoms with van der Waals surface area (Å²) in [5, 5.41) is 5.60. The smallest absolute Gasteiger partial charge is 0.341 e. The van der Waals surface area contributed by atoms with Gasteiger partial charge >= 0.3 is 5.97 Å². The van der Waals surface area contributed by atoms with Gasteiger partial charge in [-0.25, -0.2) is 4.79 Å².